The number of carbonyl (C=O) groups excluding carboxylic acids is 1. The summed E-state index contributed by atoms with van der Waals surface area (Å²) in [7, 11) is 0. The van der Waals surface area contributed by atoms with Crippen LogP contribution in [0.1, 0.15) is 29.4 Å². The third kappa shape index (κ3) is 2.48. The molecule has 2 aromatic heterocycles. The van der Waals surface area contributed by atoms with Crippen molar-refractivity contribution in [1.29, 1.82) is 0 Å². The number of pyridine rings is 1. The van der Waals surface area contributed by atoms with Crippen molar-refractivity contribution in [3.8, 4) is 0 Å². The lowest BCUT2D eigenvalue weighted by Gasteiger charge is -2.27. The number of thiophene rings is 1. The van der Waals surface area contributed by atoms with E-state index in [-0.39, 0.29) is 18.1 Å². The molecule has 3 rings (SSSR count). The zero-order chi connectivity index (χ0) is 14.1. The highest BCUT2D eigenvalue weighted by Crippen LogP contribution is 2.32. The van der Waals surface area contributed by atoms with Crippen molar-refractivity contribution in [2.24, 2.45) is 0 Å². The van der Waals surface area contributed by atoms with Gasteiger partial charge in [-0.1, -0.05) is 0 Å². The van der Waals surface area contributed by atoms with E-state index in [4.69, 9.17) is 10.5 Å². The molecule has 0 bridgehead atoms. The highest BCUT2D eigenvalue weighted by Gasteiger charge is 2.23. The van der Waals surface area contributed by atoms with Crippen LogP contribution in [0.2, 0.25) is 0 Å². The standard InChI is InChI=1S/C14H17N3O2S/c1-8-7-9(4-6-19-8)17-13(18)12-11(15)10-3-2-5-16-14(10)20-12/h2-3,5,8-9H,4,6-7,15H2,1H3,(H,17,18). The molecule has 1 aliphatic rings. The Bertz CT molecular complexity index is 640. The number of hydrogen-bond acceptors (Lipinski definition) is 5. The topological polar surface area (TPSA) is 77.2 Å². The van der Waals surface area contributed by atoms with Crippen LogP contribution in [-0.2, 0) is 4.74 Å². The Morgan fingerprint density at radius 3 is 3.20 bits per heavy atom. The van der Waals surface area contributed by atoms with Crippen LogP contribution in [0.15, 0.2) is 18.3 Å². The van der Waals surface area contributed by atoms with Gasteiger partial charge in [0.1, 0.15) is 9.71 Å². The Hall–Kier alpha value is -1.66. The lowest BCUT2D eigenvalue weighted by atomic mass is 10.0. The molecular formula is C14H17N3O2S. The predicted octanol–water partition coefficient (Wildman–Crippen LogP) is 2.18. The van der Waals surface area contributed by atoms with E-state index in [0.29, 0.717) is 17.2 Å². The summed E-state index contributed by atoms with van der Waals surface area (Å²) < 4.78 is 5.48. The second-order valence-corrected chi connectivity index (χ2v) is 6.08. The van der Waals surface area contributed by atoms with Gasteiger partial charge in [0.2, 0.25) is 0 Å². The molecule has 1 saturated heterocycles. The van der Waals surface area contributed by atoms with Crippen LogP contribution in [0, 0.1) is 0 Å². The molecule has 3 N–H and O–H groups in total. The average molecular weight is 291 g/mol. The molecule has 0 saturated carbocycles. The van der Waals surface area contributed by atoms with E-state index in [2.05, 4.69) is 10.3 Å². The Labute approximate surface area is 121 Å². The van der Waals surface area contributed by atoms with Crippen LogP contribution >= 0.6 is 11.3 Å². The first kappa shape index (κ1) is 13.3. The predicted molar refractivity (Wildman–Crippen MR) is 79.9 cm³/mol. The normalized spacial score (nSPS) is 22.9. The van der Waals surface area contributed by atoms with E-state index in [1.165, 1.54) is 11.3 Å². The number of carbonyl (C=O) groups is 1. The number of ether oxygens (including phenoxy) is 1. The largest absolute Gasteiger partial charge is 0.397 e. The summed E-state index contributed by atoms with van der Waals surface area (Å²) in [5.41, 5.74) is 6.58. The fourth-order valence-electron chi connectivity index (χ4n) is 2.50. The first-order valence-corrected chi connectivity index (χ1v) is 7.52. The van der Waals surface area contributed by atoms with Crippen LogP contribution in [-0.4, -0.2) is 29.6 Å². The van der Waals surface area contributed by atoms with Crippen molar-refractivity contribution in [3.63, 3.8) is 0 Å². The van der Waals surface area contributed by atoms with Crippen LogP contribution in [0.25, 0.3) is 10.2 Å². The van der Waals surface area contributed by atoms with Gasteiger partial charge >= 0.3 is 0 Å². The fourth-order valence-corrected chi connectivity index (χ4v) is 3.47. The van der Waals surface area contributed by atoms with E-state index < -0.39 is 0 Å². The van der Waals surface area contributed by atoms with Gasteiger partial charge in [0, 0.05) is 24.2 Å². The minimum Gasteiger partial charge on any atom is -0.397 e. The molecule has 0 aromatic carbocycles. The molecule has 2 unspecified atom stereocenters. The summed E-state index contributed by atoms with van der Waals surface area (Å²) in [6, 6.07) is 3.87. The monoisotopic (exact) mass is 291 g/mol. The summed E-state index contributed by atoms with van der Waals surface area (Å²) in [6.07, 6.45) is 3.59. The maximum absolute atomic E-state index is 12.4. The second-order valence-electron chi connectivity index (χ2n) is 5.08. The summed E-state index contributed by atoms with van der Waals surface area (Å²) in [4.78, 5) is 18.0. The highest BCUT2D eigenvalue weighted by atomic mass is 32.1. The number of nitrogens with zero attached hydrogens (tertiary/aromatic N) is 1. The van der Waals surface area contributed by atoms with Crippen LogP contribution in [0.4, 0.5) is 5.69 Å². The van der Waals surface area contributed by atoms with Gasteiger partial charge in [-0.3, -0.25) is 4.79 Å². The fraction of sp³-hybridized carbons (Fsp3) is 0.429. The van der Waals surface area contributed by atoms with E-state index in [1.807, 2.05) is 19.1 Å². The Morgan fingerprint density at radius 1 is 1.60 bits per heavy atom. The number of rotatable bonds is 2. The molecule has 1 amide bonds. The van der Waals surface area contributed by atoms with Crippen LogP contribution in [0.5, 0.6) is 0 Å². The smallest absolute Gasteiger partial charge is 0.263 e. The highest BCUT2D eigenvalue weighted by molar-refractivity contribution is 7.21. The summed E-state index contributed by atoms with van der Waals surface area (Å²) in [5, 5.41) is 3.90. The quantitative estimate of drug-likeness (QED) is 0.889. The third-order valence-corrected chi connectivity index (χ3v) is 4.66. The van der Waals surface area contributed by atoms with Crippen molar-refractivity contribution in [1.82, 2.24) is 10.3 Å². The number of anilines is 1. The number of nitrogens with two attached hydrogens (primary N) is 1. The lowest BCUT2D eigenvalue weighted by Crippen LogP contribution is -2.41. The average Bonchev–Trinajstić information content (AvgIpc) is 2.77. The molecule has 5 nitrogen and oxygen atoms in total. The van der Waals surface area contributed by atoms with Crippen molar-refractivity contribution in [3.05, 3.63) is 23.2 Å². The van der Waals surface area contributed by atoms with E-state index in [0.717, 1.165) is 23.1 Å². The minimum absolute atomic E-state index is 0.107. The molecule has 0 radical (unpaired) electrons. The van der Waals surface area contributed by atoms with Crippen molar-refractivity contribution >= 4 is 33.1 Å². The number of fused-ring (bicyclic) bond motifs is 1. The van der Waals surface area contributed by atoms with Gasteiger partial charge in [-0.25, -0.2) is 4.98 Å². The number of aromatic nitrogens is 1. The van der Waals surface area contributed by atoms with Crippen molar-refractivity contribution < 1.29 is 9.53 Å². The molecule has 2 atom stereocenters. The Morgan fingerprint density at radius 2 is 2.45 bits per heavy atom. The third-order valence-electron chi connectivity index (χ3n) is 3.53. The first-order valence-electron chi connectivity index (χ1n) is 6.70. The molecule has 20 heavy (non-hydrogen) atoms. The van der Waals surface area contributed by atoms with E-state index >= 15 is 0 Å². The zero-order valence-electron chi connectivity index (χ0n) is 11.3. The number of nitrogens with one attached hydrogen (secondary N) is 1. The summed E-state index contributed by atoms with van der Waals surface area (Å²) >= 11 is 1.34. The minimum atomic E-state index is -0.107. The molecule has 1 aliphatic heterocycles. The molecule has 0 aliphatic carbocycles. The molecule has 1 fully saturated rings. The van der Waals surface area contributed by atoms with Crippen LogP contribution < -0.4 is 11.1 Å². The van der Waals surface area contributed by atoms with Crippen molar-refractivity contribution in [2.45, 2.75) is 31.9 Å². The molecule has 0 spiro atoms. The van der Waals surface area contributed by atoms with Gasteiger partial charge in [0.25, 0.3) is 5.91 Å². The van der Waals surface area contributed by atoms with Gasteiger partial charge in [0.05, 0.1) is 11.8 Å². The van der Waals surface area contributed by atoms with Gasteiger partial charge in [-0.15, -0.1) is 11.3 Å². The van der Waals surface area contributed by atoms with E-state index in [9.17, 15) is 4.79 Å². The van der Waals surface area contributed by atoms with Gasteiger partial charge in [-0.2, -0.15) is 0 Å². The van der Waals surface area contributed by atoms with Crippen LogP contribution in [0.3, 0.4) is 0 Å². The molecule has 6 heteroatoms. The summed E-state index contributed by atoms with van der Waals surface area (Å²) in [5.74, 6) is -0.107. The number of nitrogen functional groups attached to an aromatic ring is 1. The molecule has 106 valence electrons. The molecular weight excluding hydrogens is 274 g/mol. The Balaban J connectivity index is 1.80. The first-order chi connectivity index (χ1) is 9.65. The second kappa shape index (κ2) is 5.38. The van der Waals surface area contributed by atoms with Gasteiger partial charge in [-0.05, 0) is 31.9 Å². The number of amides is 1. The number of hydrogen-bond donors (Lipinski definition) is 2. The maximum atomic E-state index is 12.4. The zero-order valence-corrected chi connectivity index (χ0v) is 12.1. The van der Waals surface area contributed by atoms with Crippen molar-refractivity contribution in [2.75, 3.05) is 12.3 Å². The Kier molecular flexibility index (Phi) is 3.58. The van der Waals surface area contributed by atoms with E-state index in [1.54, 1.807) is 6.20 Å². The SMILES string of the molecule is CC1CC(NC(=O)c2sc3ncccc3c2N)CCO1. The lowest BCUT2D eigenvalue weighted by molar-refractivity contribution is 0.0137. The maximum Gasteiger partial charge on any atom is 0.263 e. The van der Waals surface area contributed by atoms with Gasteiger partial charge < -0.3 is 15.8 Å². The summed E-state index contributed by atoms with van der Waals surface area (Å²) in [6.45, 7) is 2.71. The molecule has 3 heterocycles. The molecule has 2 aromatic rings. The van der Waals surface area contributed by atoms with Gasteiger partial charge in [0.15, 0.2) is 0 Å².